The Morgan fingerprint density at radius 3 is 2.83 bits per heavy atom. The van der Waals surface area contributed by atoms with Gasteiger partial charge in [0, 0.05) is 19.6 Å². The number of methoxy groups -OCH3 is 2. The summed E-state index contributed by atoms with van der Waals surface area (Å²) in [6.07, 6.45) is 3.32. The lowest BCUT2D eigenvalue weighted by atomic mass is 10.1. The predicted octanol–water partition coefficient (Wildman–Crippen LogP) is 1.70. The second-order valence-corrected chi connectivity index (χ2v) is 4.37. The maximum Gasteiger partial charge on any atom is 0.316 e. The number of rotatable bonds is 8. The third-order valence-electron chi connectivity index (χ3n) is 2.47. The van der Waals surface area contributed by atoms with Crippen LogP contribution in [0.5, 0.6) is 6.01 Å². The van der Waals surface area contributed by atoms with E-state index in [0.717, 1.165) is 18.7 Å². The number of nitrogens with zero attached hydrogens (tertiary/aromatic N) is 2. The standard InChI is InChI=1S/C12H20ClN3O2/c1-4-5-14-9(8-17-2)6-11-10(13)7-15-12(16-11)18-3/h7,9,14H,4-6,8H2,1-3H3. The highest BCUT2D eigenvalue weighted by Crippen LogP contribution is 2.16. The third kappa shape index (κ3) is 4.76. The van der Waals surface area contributed by atoms with Crippen LogP contribution in [0.4, 0.5) is 0 Å². The van der Waals surface area contributed by atoms with Crippen LogP contribution < -0.4 is 10.1 Å². The normalized spacial score (nSPS) is 12.4. The fourth-order valence-electron chi connectivity index (χ4n) is 1.60. The number of ether oxygens (including phenoxy) is 2. The predicted molar refractivity (Wildman–Crippen MR) is 71.3 cm³/mol. The monoisotopic (exact) mass is 273 g/mol. The van der Waals surface area contributed by atoms with E-state index in [-0.39, 0.29) is 6.04 Å². The number of halogens is 1. The number of hydrogen-bond acceptors (Lipinski definition) is 5. The summed E-state index contributed by atoms with van der Waals surface area (Å²) >= 11 is 6.08. The molecule has 0 saturated heterocycles. The summed E-state index contributed by atoms with van der Waals surface area (Å²) in [4.78, 5) is 8.22. The lowest BCUT2D eigenvalue weighted by Gasteiger charge is -2.17. The van der Waals surface area contributed by atoms with Crippen LogP contribution in [0.25, 0.3) is 0 Å². The average molecular weight is 274 g/mol. The molecule has 0 bridgehead atoms. The van der Waals surface area contributed by atoms with Gasteiger partial charge < -0.3 is 14.8 Å². The lowest BCUT2D eigenvalue weighted by Crippen LogP contribution is -2.36. The smallest absolute Gasteiger partial charge is 0.316 e. The summed E-state index contributed by atoms with van der Waals surface area (Å²) in [5.74, 6) is 0. The van der Waals surface area contributed by atoms with Gasteiger partial charge in [-0.1, -0.05) is 18.5 Å². The van der Waals surface area contributed by atoms with E-state index >= 15 is 0 Å². The number of nitrogens with one attached hydrogen (secondary N) is 1. The first-order chi connectivity index (χ1) is 8.71. The maximum atomic E-state index is 6.08. The van der Waals surface area contributed by atoms with Crippen molar-refractivity contribution in [2.45, 2.75) is 25.8 Å². The highest BCUT2D eigenvalue weighted by molar-refractivity contribution is 6.31. The molecule has 1 atom stereocenters. The highest BCUT2D eigenvalue weighted by atomic mass is 35.5. The van der Waals surface area contributed by atoms with Gasteiger partial charge in [0.15, 0.2) is 0 Å². The molecule has 18 heavy (non-hydrogen) atoms. The van der Waals surface area contributed by atoms with Gasteiger partial charge >= 0.3 is 6.01 Å². The van der Waals surface area contributed by atoms with Gasteiger partial charge in [-0.25, -0.2) is 4.98 Å². The zero-order chi connectivity index (χ0) is 13.4. The molecule has 5 nitrogen and oxygen atoms in total. The molecule has 1 unspecified atom stereocenters. The molecule has 102 valence electrons. The molecule has 6 heteroatoms. The third-order valence-corrected chi connectivity index (χ3v) is 2.78. The molecule has 0 amide bonds. The van der Waals surface area contributed by atoms with Crippen LogP contribution in [0.3, 0.4) is 0 Å². The Labute approximate surface area is 113 Å². The zero-order valence-electron chi connectivity index (χ0n) is 11.1. The van der Waals surface area contributed by atoms with Gasteiger partial charge in [-0.2, -0.15) is 4.98 Å². The Morgan fingerprint density at radius 1 is 1.44 bits per heavy atom. The van der Waals surface area contributed by atoms with Crippen LogP contribution in [0.2, 0.25) is 5.02 Å². The number of aromatic nitrogens is 2. The molecule has 1 N–H and O–H groups in total. The molecule has 1 rings (SSSR count). The van der Waals surface area contributed by atoms with Crippen molar-refractivity contribution in [1.29, 1.82) is 0 Å². The van der Waals surface area contributed by atoms with Crippen molar-refractivity contribution < 1.29 is 9.47 Å². The van der Waals surface area contributed by atoms with Crippen LogP contribution in [0.15, 0.2) is 6.20 Å². The van der Waals surface area contributed by atoms with Crippen LogP contribution in [-0.2, 0) is 11.2 Å². The Kier molecular flexibility index (Phi) is 6.93. The van der Waals surface area contributed by atoms with Crippen LogP contribution >= 0.6 is 11.6 Å². The van der Waals surface area contributed by atoms with E-state index in [0.29, 0.717) is 24.1 Å². The molecule has 0 aliphatic heterocycles. The summed E-state index contributed by atoms with van der Waals surface area (Å²) in [5.41, 5.74) is 0.772. The highest BCUT2D eigenvalue weighted by Gasteiger charge is 2.13. The van der Waals surface area contributed by atoms with Gasteiger partial charge in [0.05, 0.1) is 30.6 Å². The molecule has 0 aliphatic rings. The van der Waals surface area contributed by atoms with Gasteiger partial charge in [0.2, 0.25) is 0 Å². The molecule has 0 aliphatic carbocycles. The van der Waals surface area contributed by atoms with Gasteiger partial charge in [0.25, 0.3) is 0 Å². The van der Waals surface area contributed by atoms with E-state index in [4.69, 9.17) is 21.1 Å². The Hall–Kier alpha value is -0.910. The Balaban J connectivity index is 2.72. The maximum absolute atomic E-state index is 6.08. The van der Waals surface area contributed by atoms with E-state index in [1.54, 1.807) is 13.3 Å². The van der Waals surface area contributed by atoms with Gasteiger partial charge in [-0.15, -0.1) is 0 Å². The molecule has 1 aromatic heterocycles. The Morgan fingerprint density at radius 2 is 2.22 bits per heavy atom. The van der Waals surface area contributed by atoms with Crippen molar-refractivity contribution in [3.05, 3.63) is 16.9 Å². The van der Waals surface area contributed by atoms with E-state index in [1.165, 1.54) is 7.11 Å². The molecule has 0 spiro atoms. The molecular weight excluding hydrogens is 254 g/mol. The zero-order valence-corrected chi connectivity index (χ0v) is 11.8. The lowest BCUT2D eigenvalue weighted by molar-refractivity contribution is 0.165. The van der Waals surface area contributed by atoms with Gasteiger partial charge in [-0.3, -0.25) is 0 Å². The fourth-order valence-corrected chi connectivity index (χ4v) is 1.77. The minimum absolute atomic E-state index is 0.187. The minimum Gasteiger partial charge on any atom is -0.467 e. The first-order valence-electron chi connectivity index (χ1n) is 5.99. The largest absolute Gasteiger partial charge is 0.467 e. The average Bonchev–Trinajstić information content (AvgIpc) is 2.38. The van der Waals surface area contributed by atoms with Gasteiger partial charge in [-0.05, 0) is 13.0 Å². The van der Waals surface area contributed by atoms with Crippen molar-refractivity contribution >= 4 is 11.6 Å². The van der Waals surface area contributed by atoms with Crippen molar-refractivity contribution in [2.24, 2.45) is 0 Å². The summed E-state index contributed by atoms with van der Waals surface area (Å²) in [6, 6.07) is 0.521. The molecule has 0 aromatic carbocycles. The topological polar surface area (TPSA) is 56.3 Å². The van der Waals surface area contributed by atoms with Crippen molar-refractivity contribution in [3.8, 4) is 6.01 Å². The van der Waals surface area contributed by atoms with E-state index < -0.39 is 0 Å². The summed E-state index contributed by atoms with van der Waals surface area (Å²) in [7, 11) is 3.22. The van der Waals surface area contributed by atoms with Gasteiger partial charge in [0.1, 0.15) is 0 Å². The molecule has 0 radical (unpaired) electrons. The fraction of sp³-hybridized carbons (Fsp3) is 0.667. The molecule has 0 fully saturated rings. The minimum atomic E-state index is 0.187. The first kappa shape index (κ1) is 15.1. The first-order valence-corrected chi connectivity index (χ1v) is 6.36. The Bertz CT molecular complexity index is 363. The molecular formula is C12H20ClN3O2. The molecule has 0 saturated carbocycles. The van der Waals surface area contributed by atoms with Crippen LogP contribution in [-0.4, -0.2) is 43.4 Å². The summed E-state index contributed by atoms with van der Waals surface area (Å²) in [5, 5.41) is 3.95. The van der Waals surface area contributed by atoms with Crippen molar-refractivity contribution in [2.75, 3.05) is 27.4 Å². The van der Waals surface area contributed by atoms with E-state index in [1.807, 2.05) is 0 Å². The quantitative estimate of drug-likeness (QED) is 0.781. The van der Waals surface area contributed by atoms with Crippen LogP contribution in [0, 0.1) is 0 Å². The summed E-state index contributed by atoms with van der Waals surface area (Å²) < 4.78 is 10.2. The second-order valence-electron chi connectivity index (χ2n) is 3.96. The SMILES string of the molecule is CCCNC(COC)Cc1nc(OC)ncc1Cl. The van der Waals surface area contributed by atoms with E-state index in [9.17, 15) is 0 Å². The number of hydrogen-bond donors (Lipinski definition) is 1. The van der Waals surface area contributed by atoms with Crippen molar-refractivity contribution in [3.63, 3.8) is 0 Å². The second kappa shape index (κ2) is 8.24. The summed E-state index contributed by atoms with van der Waals surface area (Å²) in [6.45, 7) is 3.67. The van der Waals surface area contributed by atoms with Crippen molar-refractivity contribution in [1.82, 2.24) is 15.3 Å². The van der Waals surface area contributed by atoms with E-state index in [2.05, 4.69) is 22.2 Å². The van der Waals surface area contributed by atoms with Crippen LogP contribution in [0.1, 0.15) is 19.0 Å². The molecule has 1 aromatic rings. The molecule has 1 heterocycles.